The molecule has 0 unspecified atom stereocenters. The molecule has 0 aliphatic heterocycles. The van der Waals surface area contributed by atoms with Crippen LogP contribution in [0.1, 0.15) is 5.69 Å². The highest BCUT2D eigenvalue weighted by molar-refractivity contribution is 9.10. The number of benzene rings is 1. The fraction of sp³-hybridized carbons (Fsp3) is 0.111. The van der Waals surface area contributed by atoms with Gasteiger partial charge in [0.1, 0.15) is 11.8 Å². The van der Waals surface area contributed by atoms with Crippen molar-refractivity contribution in [2.24, 2.45) is 7.05 Å². The molecule has 0 saturated heterocycles. The highest BCUT2D eigenvalue weighted by atomic mass is 79.9. The van der Waals surface area contributed by atoms with Crippen LogP contribution in [-0.2, 0) is 7.05 Å². The van der Waals surface area contributed by atoms with Crippen molar-refractivity contribution < 1.29 is 5.11 Å². The zero-order chi connectivity index (χ0) is 10.3. The molecule has 14 heavy (non-hydrogen) atoms. The molecule has 4 nitrogen and oxygen atoms in total. The zero-order valence-electron chi connectivity index (χ0n) is 7.32. The molecule has 0 aliphatic rings. The number of hydrogen-bond acceptors (Lipinski definition) is 3. The van der Waals surface area contributed by atoms with E-state index in [1.807, 2.05) is 6.07 Å². The number of aromatic hydroxyl groups is 1. The molecule has 1 N–H and O–H groups in total. The molecule has 2 aromatic rings. The van der Waals surface area contributed by atoms with Crippen molar-refractivity contribution >= 4 is 26.8 Å². The minimum absolute atomic E-state index is 0.150. The number of nitrogens with zero attached hydrogens (tertiary/aromatic N) is 3. The second-order valence-corrected chi connectivity index (χ2v) is 3.76. The van der Waals surface area contributed by atoms with Crippen molar-refractivity contribution in [1.82, 2.24) is 9.78 Å². The van der Waals surface area contributed by atoms with E-state index in [0.29, 0.717) is 10.2 Å². The van der Waals surface area contributed by atoms with Crippen LogP contribution in [0.25, 0.3) is 10.9 Å². The van der Waals surface area contributed by atoms with Gasteiger partial charge in [0.05, 0.1) is 10.9 Å². The molecule has 0 spiro atoms. The average molecular weight is 252 g/mol. The third-order valence-electron chi connectivity index (χ3n) is 2.00. The van der Waals surface area contributed by atoms with Gasteiger partial charge < -0.3 is 5.11 Å². The van der Waals surface area contributed by atoms with E-state index in [1.165, 1.54) is 0 Å². The lowest BCUT2D eigenvalue weighted by molar-refractivity contribution is 0.475. The van der Waals surface area contributed by atoms with Gasteiger partial charge in [-0.15, -0.1) is 0 Å². The van der Waals surface area contributed by atoms with Crippen molar-refractivity contribution in [2.45, 2.75) is 0 Å². The summed E-state index contributed by atoms with van der Waals surface area (Å²) in [5.74, 6) is 0.150. The van der Waals surface area contributed by atoms with Gasteiger partial charge in [-0.2, -0.15) is 10.4 Å². The molecule has 2 rings (SSSR count). The second-order valence-electron chi connectivity index (χ2n) is 2.91. The van der Waals surface area contributed by atoms with E-state index in [0.717, 1.165) is 10.9 Å². The molecule has 0 radical (unpaired) electrons. The van der Waals surface area contributed by atoms with Crippen LogP contribution in [0, 0.1) is 11.3 Å². The van der Waals surface area contributed by atoms with Gasteiger partial charge in [-0.05, 0) is 22.0 Å². The first-order valence-corrected chi connectivity index (χ1v) is 4.68. The van der Waals surface area contributed by atoms with E-state index in [-0.39, 0.29) is 5.75 Å². The summed E-state index contributed by atoms with van der Waals surface area (Å²) in [4.78, 5) is 0. The molecule has 0 amide bonds. The third-order valence-corrected chi connectivity index (χ3v) is 2.62. The quantitative estimate of drug-likeness (QED) is 0.778. The minimum Gasteiger partial charge on any atom is -0.508 e. The summed E-state index contributed by atoms with van der Waals surface area (Å²) >= 11 is 3.29. The van der Waals surface area contributed by atoms with E-state index in [9.17, 15) is 5.11 Å². The van der Waals surface area contributed by atoms with Crippen molar-refractivity contribution in [1.29, 1.82) is 5.26 Å². The van der Waals surface area contributed by atoms with Crippen molar-refractivity contribution in [2.75, 3.05) is 0 Å². The molecule has 1 aromatic heterocycles. The van der Waals surface area contributed by atoms with Crippen LogP contribution in [0.3, 0.4) is 0 Å². The van der Waals surface area contributed by atoms with Crippen LogP contribution in [0.2, 0.25) is 0 Å². The molecular formula is C9H6BrN3O. The first kappa shape index (κ1) is 9.03. The number of hydrogen-bond donors (Lipinski definition) is 1. The van der Waals surface area contributed by atoms with E-state index < -0.39 is 0 Å². The maximum atomic E-state index is 9.36. The van der Waals surface area contributed by atoms with Crippen LogP contribution in [-0.4, -0.2) is 14.9 Å². The Morgan fingerprint density at radius 1 is 1.57 bits per heavy atom. The normalized spacial score (nSPS) is 10.4. The van der Waals surface area contributed by atoms with Gasteiger partial charge in [0.2, 0.25) is 0 Å². The summed E-state index contributed by atoms with van der Waals surface area (Å²) in [5.41, 5.74) is 1.09. The summed E-state index contributed by atoms with van der Waals surface area (Å²) in [5, 5.41) is 23.0. The van der Waals surface area contributed by atoms with E-state index in [1.54, 1.807) is 23.9 Å². The first-order valence-electron chi connectivity index (χ1n) is 3.89. The van der Waals surface area contributed by atoms with Crippen molar-refractivity contribution in [3.63, 3.8) is 0 Å². The minimum atomic E-state index is 0.150. The molecule has 0 aliphatic carbocycles. The predicted octanol–water partition coefficient (Wildman–Crippen LogP) is 1.91. The van der Waals surface area contributed by atoms with Gasteiger partial charge in [0, 0.05) is 17.6 Å². The van der Waals surface area contributed by atoms with Gasteiger partial charge in [-0.3, -0.25) is 4.68 Å². The molecule has 0 fully saturated rings. The Bertz CT molecular complexity index is 553. The van der Waals surface area contributed by atoms with Crippen LogP contribution < -0.4 is 0 Å². The molecular weight excluding hydrogens is 246 g/mol. The van der Waals surface area contributed by atoms with Gasteiger partial charge >= 0.3 is 0 Å². The SMILES string of the molecule is Cn1nc(C#N)c2c(Br)cc(O)cc21. The summed E-state index contributed by atoms with van der Waals surface area (Å²) in [6.07, 6.45) is 0. The van der Waals surface area contributed by atoms with Crippen LogP contribution in [0.5, 0.6) is 5.75 Å². The molecule has 1 aromatic carbocycles. The number of nitriles is 1. The predicted molar refractivity (Wildman–Crippen MR) is 54.8 cm³/mol. The first-order chi connectivity index (χ1) is 6.63. The van der Waals surface area contributed by atoms with E-state index in [4.69, 9.17) is 5.26 Å². The lowest BCUT2D eigenvalue weighted by Crippen LogP contribution is -1.89. The summed E-state index contributed by atoms with van der Waals surface area (Å²) in [7, 11) is 1.73. The second kappa shape index (κ2) is 3.00. The number of aryl methyl sites for hydroxylation is 1. The number of aromatic nitrogens is 2. The Kier molecular flexibility index (Phi) is 1.93. The van der Waals surface area contributed by atoms with Gasteiger partial charge in [-0.25, -0.2) is 0 Å². The number of rotatable bonds is 0. The Hall–Kier alpha value is -1.54. The Morgan fingerprint density at radius 3 is 2.93 bits per heavy atom. The van der Waals surface area contributed by atoms with E-state index in [2.05, 4.69) is 21.0 Å². The van der Waals surface area contributed by atoms with Crippen LogP contribution >= 0.6 is 15.9 Å². The summed E-state index contributed by atoms with van der Waals surface area (Å²) in [6, 6.07) is 5.13. The lowest BCUT2D eigenvalue weighted by atomic mass is 10.2. The highest BCUT2D eigenvalue weighted by Crippen LogP contribution is 2.30. The van der Waals surface area contributed by atoms with Crippen molar-refractivity contribution in [3.05, 3.63) is 22.3 Å². The number of phenols is 1. The summed E-state index contributed by atoms with van der Waals surface area (Å²) in [6.45, 7) is 0. The number of halogens is 1. The highest BCUT2D eigenvalue weighted by Gasteiger charge is 2.12. The maximum Gasteiger partial charge on any atom is 0.171 e. The molecule has 0 bridgehead atoms. The molecule has 5 heteroatoms. The standard InChI is InChI=1S/C9H6BrN3O/c1-13-8-3-5(14)2-6(10)9(8)7(4-11)12-13/h2-3,14H,1H3. The number of fused-ring (bicyclic) bond motifs is 1. The van der Waals surface area contributed by atoms with E-state index >= 15 is 0 Å². The molecule has 0 saturated carbocycles. The lowest BCUT2D eigenvalue weighted by Gasteiger charge is -1.97. The largest absolute Gasteiger partial charge is 0.508 e. The van der Waals surface area contributed by atoms with Gasteiger partial charge in [0.15, 0.2) is 5.69 Å². The number of phenolic OH excluding ortho intramolecular Hbond substituents is 1. The zero-order valence-corrected chi connectivity index (χ0v) is 8.91. The smallest absolute Gasteiger partial charge is 0.171 e. The topological polar surface area (TPSA) is 61.8 Å². The molecule has 1 heterocycles. The third kappa shape index (κ3) is 1.16. The van der Waals surface area contributed by atoms with Crippen LogP contribution in [0.4, 0.5) is 0 Å². The molecule has 0 atom stereocenters. The van der Waals surface area contributed by atoms with Crippen LogP contribution in [0.15, 0.2) is 16.6 Å². The summed E-state index contributed by atoms with van der Waals surface area (Å²) < 4.78 is 2.25. The Morgan fingerprint density at radius 2 is 2.29 bits per heavy atom. The molecule has 70 valence electrons. The van der Waals surface area contributed by atoms with Gasteiger partial charge in [-0.1, -0.05) is 0 Å². The monoisotopic (exact) mass is 251 g/mol. The average Bonchev–Trinajstić information content (AvgIpc) is 2.43. The Balaban J connectivity index is 2.98. The fourth-order valence-corrected chi connectivity index (χ4v) is 2.03. The Labute approximate surface area is 88.5 Å². The maximum absolute atomic E-state index is 9.36. The fourth-order valence-electron chi connectivity index (χ4n) is 1.40. The van der Waals surface area contributed by atoms with Gasteiger partial charge in [0.25, 0.3) is 0 Å². The van der Waals surface area contributed by atoms with Crippen molar-refractivity contribution in [3.8, 4) is 11.8 Å².